The van der Waals surface area contributed by atoms with Gasteiger partial charge in [-0.2, -0.15) is 35.9 Å². The molecule has 2 aliphatic rings. The first kappa shape index (κ1) is 29.1. The fourth-order valence-electron chi connectivity index (χ4n) is 3.63. The first-order valence-corrected chi connectivity index (χ1v) is 10.6. The van der Waals surface area contributed by atoms with Gasteiger partial charge in [-0.3, -0.25) is 6.08 Å². The van der Waals surface area contributed by atoms with Crippen LogP contribution in [0, 0.1) is 33.4 Å². The molecule has 0 radical (unpaired) electrons. The molecule has 0 saturated heterocycles. The monoisotopic (exact) mass is 607 g/mol. The van der Waals surface area contributed by atoms with Gasteiger partial charge in [-0.15, -0.1) is 53.8 Å². The molecule has 1 heteroatoms. The van der Waals surface area contributed by atoms with E-state index in [0.717, 1.165) is 12.8 Å². The molecule has 172 valence electrons. The predicted octanol–water partition coefficient (Wildman–Crippen LogP) is 8.55. The Hall–Kier alpha value is -2.90. The van der Waals surface area contributed by atoms with Crippen molar-refractivity contribution >= 4 is 0 Å². The van der Waals surface area contributed by atoms with Gasteiger partial charge in [0.25, 0.3) is 0 Å². The van der Waals surface area contributed by atoms with Crippen molar-refractivity contribution in [2.75, 3.05) is 0 Å². The number of benzene rings is 4. The standard InChI is InChI=1S/C13H9.C13H11.C5H5.2CH3.Hf/c1-3-7-12-10(5-1)9-11-6-2-4-8-13(11)12;1-3-7-12(8-4-1)11-13-9-5-2-6-10-13;1-2-4-5-3-1;;;/h1-5,7-8H,9H2;1-11H;1-3H,4H2;2*1H3;/q5*-1;. The molecule has 4 aromatic rings. The Morgan fingerprint density at radius 3 is 1.79 bits per heavy atom. The molecule has 6 rings (SSSR count). The summed E-state index contributed by atoms with van der Waals surface area (Å²) in [5.41, 5.74) is 8.00. The molecule has 0 heterocycles. The largest absolute Gasteiger partial charge is 0.358 e. The minimum absolute atomic E-state index is 0. The summed E-state index contributed by atoms with van der Waals surface area (Å²) in [6.07, 6.45) is 13.2. The molecule has 0 nitrogen and oxygen atoms in total. The average molecular weight is 606 g/mol. The van der Waals surface area contributed by atoms with Crippen LogP contribution in [0.1, 0.15) is 28.7 Å². The summed E-state index contributed by atoms with van der Waals surface area (Å²) in [4.78, 5) is 0. The van der Waals surface area contributed by atoms with Crippen molar-refractivity contribution < 1.29 is 25.8 Å². The predicted molar refractivity (Wildman–Crippen MR) is 143 cm³/mol. The topological polar surface area (TPSA) is 0 Å². The fourth-order valence-corrected chi connectivity index (χ4v) is 3.63. The summed E-state index contributed by atoms with van der Waals surface area (Å²) >= 11 is 0. The van der Waals surface area contributed by atoms with Gasteiger partial charge in [0.1, 0.15) is 0 Å². The van der Waals surface area contributed by atoms with Crippen molar-refractivity contribution in [3.05, 3.63) is 177 Å². The van der Waals surface area contributed by atoms with Gasteiger partial charge in [-0.1, -0.05) is 71.8 Å². The molecule has 0 aromatic heterocycles. The second kappa shape index (κ2) is 15.9. The summed E-state index contributed by atoms with van der Waals surface area (Å²) in [5.74, 6) is 0. The number of allylic oxidation sites excluding steroid dienone is 4. The molecular formula is C33H31Hf-5. The maximum Gasteiger partial charge on any atom is 0 e. The molecule has 0 aliphatic heterocycles. The third-order valence-electron chi connectivity index (χ3n) is 5.13. The van der Waals surface area contributed by atoms with E-state index in [2.05, 4.69) is 110 Å². The van der Waals surface area contributed by atoms with Crippen molar-refractivity contribution in [1.29, 1.82) is 0 Å². The van der Waals surface area contributed by atoms with E-state index < -0.39 is 0 Å². The zero-order valence-electron chi connectivity index (χ0n) is 20.0. The van der Waals surface area contributed by atoms with Crippen LogP contribution in [-0.4, -0.2) is 0 Å². The van der Waals surface area contributed by atoms with Gasteiger partial charge >= 0.3 is 0 Å². The maximum atomic E-state index is 3.30. The van der Waals surface area contributed by atoms with Gasteiger partial charge in [0, 0.05) is 25.8 Å². The third kappa shape index (κ3) is 8.47. The Kier molecular flexibility index (Phi) is 13.6. The van der Waals surface area contributed by atoms with Crippen LogP contribution in [0.2, 0.25) is 0 Å². The van der Waals surface area contributed by atoms with Crippen molar-refractivity contribution in [2.24, 2.45) is 0 Å². The van der Waals surface area contributed by atoms with Gasteiger partial charge in [-0.25, -0.2) is 12.2 Å². The van der Waals surface area contributed by atoms with Gasteiger partial charge in [0.05, 0.1) is 0 Å². The second-order valence-electron chi connectivity index (χ2n) is 7.37. The molecule has 0 spiro atoms. The van der Waals surface area contributed by atoms with Crippen LogP contribution >= 0.6 is 0 Å². The van der Waals surface area contributed by atoms with Crippen LogP contribution < -0.4 is 0 Å². The molecule has 0 N–H and O–H groups in total. The van der Waals surface area contributed by atoms with E-state index >= 15 is 0 Å². The van der Waals surface area contributed by atoms with Crippen LogP contribution in [-0.2, 0) is 32.3 Å². The normalized spacial score (nSPS) is 10.9. The van der Waals surface area contributed by atoms with Crippen molar-refractivity contribution in [1.82, 2.24) is 0 Å². The van der Waals surface area contributed by atoms with Gasteiger partial charge in [-0.05, 0) is 6.42 Å². The summed E-state index contributed by atoms with van der Waals surface area (Å²) in [5, 5.41) is 0. The molecule has 0 fully saturated rings. The van der Waals surface area contributed by atoms with E-state index in [0.29, 0.717) is 0 Å². The average Bonchev–Trinajstić information content (AvgIpc) is 3.53. The minimum Gasteiger partial charge on any atom is -0.358 e. The van der Waals surface area contributed by atoms with Crippen LogP contribution in [0.3, 0.4) is 0 Å². The summed E-state index contributed by atoms with van der Waals surface area (Å²) in [6, 6.07) is 38.8. The molecule has 0 atom stereocenters. The van der Waals surface area contributed by atoms with Crippen LogP contribution in [0.15, 0.2) is 121 Å². The van der Waals surface area contributed by atoms with E-state index in [1.54, 1.807) is 0 Å². The van der Waals surface area contributed by atoms with Gasteiger partial charge < -0.3 is 14.9 Å². The number of rotatable bonds is 2. The van der Waals surface area contributed by atoms with E-state index in [4.69, 9.17) is 0 Å². The van der Waals surface area contributed by atoms with Crippen LogP contribution in [0.25, 0.3) is 11.1 Å². The van der Waals surface area contributed by atoms with Crippen LogP contribution in [0.5, 0.6) is 0 Å². The van der Waals surface area contributed by atoms with Gasteiger partial charge in [0.15, 0.2) is 0 Å². The van der Waals surface area contributed by atoms with Crippen molar-refractivity contribution in [3.63, 3.8) is 0 Å². The number of hydrogen-bond donors (Lipinski definition) is 0. The van der Waals surface area contributed by atoms with Gasteiger partial charge in [0.2, 0.25) is 0 Å². The smallest absolute Gasteiger partial charge is 0 e. The number of fused-ring (bicyclic) bond motifs is 3. The van der Waals surface area contributed by atoms with Crippen molar-refractivity contribution in [2.45, 2.75) is 12.8 Å². The van der Waals surface area contributed by atoms with Crippen molar-refractivity contribution in [3.8, 4) is 11.1 Å². The molecule has 0 saturated carbocycles. The van der Waals surface area contributed by atoms with E-state index in [9.17, 15) is 0 Å². The Morgan fingerprint density at radius 2 is 1.24 bits per heavy atom. The summed E-state index contributed by atoms with van der Waals surface area (Å²) in [6.45, 7) is 0. The zero-order chi connectivity index (χ0) is 21.1. The first-order valence-electron chi connectivity index (χ1n) is 10.6. The Morgan fingerprint density at radius 1 is 0.647 bits per heavy atom. The van der Waals surface area contributed by atoms with E-state index in [1.807, 2.05) is 30.4 Å². The SMILES string of the molecule is [C-]1=CC=CC1.[CH3-].[CH3-].[Hf].[c-]1cccc2c1Cc1ccccc1-2.c1ccc([CH-]c2ccccc2)cc1. The first-order chi connectivity index (χ1) is 15.4. The maximum absolute atomic E-state index is 3.30. The van der Waals surface area contributed by atoms with E-state index in [-0.39, 0.29) is 40.7 Å². The van der Waals surface area contributed by atoms with Crippen LogP contribution in [0.4, 0.5) is 0 Å². The fraction of sp³-hybridized carbons (Fsp3) is 0.0606. The molecule has 0 bridgehead atoms. The summed E-state index contributed by atoms with van der Waals surface area (Å²) < 4.78 is 0. The Balaban J connectivity index is 0.000000264. The van der Waals surface area contributed by atoms with E-state index in [1.165, 1.54) is 33.4 Å². The Labute approximate surface area is 225 Å². The Bertz CT molecular complexity index is 1050. The quantitative estimate of drug-likeness (QED) is 0.140. The number of hydrogen-bond acceptors (Lipinski definition) is 0. The minimum atomic E-state index is 0. The molecule has 4 aromatic carbocycles. The molecule has 0 unspecified atom stereocenters. The summed E-state index contributed by atoms with van der Waals surface area (Å²) in [7, 11) is 0. The zero-order valence-corrected chi connectivity index (χ0v) is 23.6. The third-order valence-corrected chi connectivity index (χ3v) is 5.13. The molecule has 0 amide bonds. The molecule has 2 aliphatic carbocycles. The second-order valence-corrected chi connectivity index (χ2v) is 7.37. The molecule has 34 heavy (non-hydrogen) atoms. The molecular weight excluding hydrogens is 575 g/mol.